The van der Waals surface area contributed by atoms with E-state index in [0.717, 1.165) is 10.7 Å². The summed E-state index contributed by atoms with van der Waals surface area (Å²) in [6, 6.07) is 19.1. The first kappa shape index (κ1) is 25.4. The highest BCUT2D eigenvalue weighted by Gasteiger charge is 2.17. The second-order valence-electron chi connectivity index (χ2n) is 8.50. The summed E-state index contributed by atoms with van der Waals surface area (Å²) in [6.07, 6.45) is 1.54. The fraction of sp³-hybridized carbons (Fsp3) is 0.103. The number of benzene rings is 3. The molecule has 2 aromatic heterocycles. The highest BCUT2D eigenvalue weighted by atomic mass is 19.1. The quantitative estimate of drug-likeness (QED) is 0.307. The molecule has 0 saturated heterocycles. The lowest BCUT2D eigenvalue weighted by Gasteiger charge is -2.14. The largest absolute Gasteiger partial charge is 0.493 e. The van der Waals surface area contributed by atoms with Crippen molar-refractivity contribution in [2.24, 2.45) is 0 Å². The third kappa shape index (κ3) is 5.12. The number of ether oxygens (including phenoxy) is 3. The van der Waals surface area contributed by atoms with Crippen molar-refractivity contribution in [2.45, 2.75) is 6.92 Å². The molecule has 1 N–H and O–H groups in total. The number of carbonyl (C=O) groups is 1. The van der Waals surface area contributed by atoms with E-state index in [4.69, 9.17) is 14.2 Å². The number of hydrogen-bond donors (Lipinski definition) is 1. The summed E-state index contributed by atoms with van der Waals surface area (Å²) in [7, 11) is 3.03. The van der Waals surface area contributed by atoms with Crippen LogP contribution in [0, 0.1) is 12.7 Å². The first-order valence-corrected chi connectivity index (χ1v) is 11.8. The van der Waals surface area contributed by atoms with Gasteiger partial charge in [-0.3, -0.25) is 14.6 Å². The Balaban J connectivity index is 1.47. The third-order valence-electron chi connectivity index (χ3n) is 5.96. The van der Waals surface area contributed by atoms with Gasteiger partial charge in [-0.05, 0) is 48.9 Å². The van der Waals surface area contributed by atoms with Gasteiger partial charge >= 0.3 is 0 Å². The monoisotopic (exact) mass is 526 g/mol. The Kier molecular flexibility index (Phi) is 6.92. The normalized spacial score (nSPS) is 10.8. The number of aryl methyl sites for hydroxylation is 1. The predicted molar refractivity (Wildman–Crippen MR) is 144 cm³/mol. The molecule has 196 valence electrons. The predicted octanol–water partition coefficient (Wildman–Crippen LogP) is 5.29. The first-order valence-electron chi connectivity index (χ1n) is 11.8. The van der Waals surface area contributed by atoms with Gasteiger partial charge in [0.1, 0.15) is 5.75 Å². The van der Waals surface area contributed by atoms with Crippen LogP contribution in [0.5, 0.6) is 23.0 Å². The van der Waals surface area contributed by atoms with Gasteiger partial charge < -0.3 is 19.5 Å². The molecule has 9 nitrogen and oxygen atoms in total. The van der Waals surface area contributed by atoms with E-state index in [1.54, 1.807) is 49.4 Å². The van der Waals surface area contributed by atoms with Crippen molar-refractivity contribution in [3.05, 3.63) is 106 Å². The van der Waals surface area contributed by atoms with E-state index in [-0.39, 0.29) is 17.1 Å². The van der Waals surface area contributed by atoms with Crippen molar-refractivity contribution in [1.82, 2.24) is 14.8 Å². The van der Waals surface area contributed by atoms with Crippen LogP contribution in [-0.2, 0) is 0 Å². The summed E-state index contributed by atoms with van der Waals surface area (Å²) >= 11 is 0. The molecule has 0 radical (unpaired) electrons. The first-order chi connectivity index (χ1) is 18.9. The molecule has 0 fully saturated rings. The number of rotatable bonds is 7. The number of fused-ring (bicyclic) bond motifs is 1. The molecule has 1 amide bonds. The molecule has 0 aliphatic heterocycles. The van der Waals surface area contributed by atoms with Gasteiger partial charge in [0.2, 0.25) is 0 Å². The summed E-state index contributed by atoms with van der Waals surface area (Å²) in [5.74, 6) is 0.00183. The average molecular weight is 527 g/mol. The fourth-order valence-electron chi connectivity index (χ4n) is 4.02. The van der Waals surface area contributed by atoms with Crippen LogP contribution in [0.4, 0.5) is 10.1 Å². The number of hydrogen-bond acceptors (Lipinski definition) is 7. The summed E-state index contributed by atoms with van der Waals surface area (Å²) in [4.78, 5) is 29.9. The molecule has 10 heteroatoms. The lowest BCUT2D eigenvalue weighted by Crippen LogP contribution is -2.26. The van der Waals surface area contributed by atoms with Gasteiger partial charge in [-0.25, -0.2) is 4.39 Å². The van der Waals surface area contributed by atoms with Gasteiger partial charge in [-0.2, -0.15) is 9.78 Å². The fourth-order valence-corrected chi connectivity index (χ4v) is 4.02. The molecular weight excluding hydrogens is 503 g/mol. The van der Waals surface area contributed by atoms with E-state index in [0.29, 0.717) is 39.4 Å². The van der Waals surface area contributed by atoms with Crippen molar-refractivity contribution >= 4 is 22.5 Å². The molecule has 2 heterocycles. The molecule has 0 unspecified atom stereocenters. The highest BCUT2D eigenvalue weighted by molar-refractivity contribution is 6.03. The molecule has 0 aliphatic rings. The van der Waals surface area contributed by atoms with Gasteiger partial charge in [0.05, 0.1) is 25.4 Å². The zero-order valence-corrected chi connectivity index (χ0v) is 21.3. The smallest absolute Gasteiger partial charge is 0.276 e. The number of carbonyl (C=O) groups excluding carboxylic acids is 1. The van der Waals surface area contributed by atoms with Crippen LogP contribution < -0.4 is 25.1 Å². The average Bonchev–Trinajstić information content (AvgIpc) is 2.94. The lowest BCUT2D eigenvalue weighted by atomic mass is 10.1. The van der Waals surface area contributed by atoms with E-state index in [1.807, 2.05) is 6.07 Å². The van der Waals surface area contributed by atoms with E-state index in [9.17, 15) is 9.59 Å². The molecule has 0 atom stereocenters. The van der Waals surface area contributed by atoms with Gasteiger partial charge in [0, 0.05) is 35.5 Å². The lowest BCUT2D eigenvalue weighted by molar-refractivity contribution is 0.102. The Labute approximate surface area is 222 Å². The maximum absolute atomic E-state index is 15.2. The summed E-state index contributed by atoms with van der Waals surface area (Å²) < 4.78 is 32.8. The van der Waals surface area contributed by atoms with Crippen molar-refractivity contribution < 1.29 is 23.4 Å². The molecule has 39 heavy (non-hydrogen) atoms. The van der Waals surface area contributed by atoms with Crippen LogP contribution in [0.3, 0.4) is 0 Å². The van der Waals surface area contributed by atoms with Crippen molar-refractivity contribution in [2.75, 3.05) is 19.5 Å². The Morgan fingerprint density at radius 2 is 1.64 bits per heavy atom. The van der Waals surface area contributed by atoms with Crippen LogP contribution in [0.15, 0.2) is 83.8 Å². The third-order valence-corrected chi connectivity index (χ3v) is 5.96. The number of para-hydroxylation sites is 1. The van der Waals surface area contributed by atoms with Crippen LogP contribution in [0.25, 0.3) is 16.6 Å². The second kappa shape index (κ2) is 10.6. The number of methoxy groups -OCH3 is 2. The van der Waals surface area contributed by atoms with Crippen LogP contribution in [0.2, 0.25) is 0 Å². The zero-order valence-electron chi connectivity index (χ0n) is 21.3. The van der Waals surface area contributed by atoms with Crippen LogP contribution >= 0.6 is 0 Å². The number of amides is 1. The standard InChI is InChI=1S/C29H23FN4O5/c1-17-13-27(35)34(33-28(17)29(36)32-18-7-5-4-6-8-18)19-9-10-24(21(30)14-19)39-23-11-12-31-22-16-26(38-3)25(37-2)15-20(22)23/h4-16H,1-3H3,(H,32,36). The molecule has 5 rings (SSSR count). The minimum absolute atomic E-state index is 0.0341. The van der Waals surface area contributed by atoms with E-state index < -0.39 is 17.3 Å². The highest BCUT2D eigenvalue weighted by Crippen LogP contribution is 2.37. The number of nitrogens with zero attached hydrogens (tertiary/aromatic N) is 3. The minimum atomic E-state index is -0.734. The van der Waals surface area contributed by atoms with Gasteiger partial charge in [0.15, 0.2) is 28.8 Å². The molecule has 0 bridgehead atoms. The molecule has 0 aliphatic carbocycles. The van der Waals surface area contributed by atoms with E-state index in [2.05, 4.69) is 15.4 Å². The molecule has 3 aromatic carbocycles. The second-order valence-corrected chi connectivity index (χ2v) is 8.50. The van der Waals surface area contributed by atoms with E-state index >= 15 is 4.39 Å². The van der Waals surface area contributed by atoms with Gasteiger partial charge in [-0.15, -0.1) is 0 Å². The van der Waals surface area contributed by atoms with Gasteiger partial charge in [-0.1, -0.05) is 18.2 Å². The van der Waals surface area contributed by atoms with Crippen LogP contribution in [-0.4, -0.2) is 34.9 Å². The number of anilines is 1. The topological polar surface area (TPSA) is 105 Å². The Hall–Kier alpha value is -5.25. The molecule has 0 saturated carbocycles. The Morgan fingerprint density at radius 3 is 2.36 bits per heavy atom. The number of halogens is 1. The van der Waals surface area contributed by atoms with Crippen molar-refractivity contribution in [1.29, 1.82) is 0 Å². The Bertz CT molecular complexity index is 1760. The van der Waals surface area contributed by atoms with Gasteiger partial charge in [0.25, 0.3) is 11.5 Å². The molecular formula is C29H23FN4O5. The van der Waals surface area contributed by atoms with E-state index in [1.165, 1.54) is 38.6 Å². The van der Waals surface area contributed by atoms with Crippen LogP contribution in [0.1, 0.15) is 16.1 Å². The number of aromatic nitrogens is 3. The Morgan fingerprint density at radius 1 is 0.897 bits per heavy atom. The summed E-state index contributed by atoms with van der Waals surface area (Å²) in [6.45, 7) is 1.61. The zero-order chi connectivity index (χ0) is 27.5. The maximum Gasteiger partial charge on any atom is 0.276 e. The van der Waals surface area contributed by atoms with Crippen molar-refractivity contribution in [3.8, 4) is 28.7 Å². The molecule has 5 aromatic rings. The number of nitrogens with one attached hydrogen (secondary N) is 1. The molecule has 0 spiro atoms. The summed E-state index contributed by atoms with van der Waals surface area (Å²) in [5, 5.41) is 7.55. The van der Waals surface area contributed by atoms with Crippen molar-refractivity contribution in [3.63, 3.8) is 0 Å². The number of pyridine rings is 1. The minimum Gasteiger partial charge on any atom is -0.493 e. The summed E-state index contributed by atoms with van der Waals surface area (Å²) in [5.41, 5.74) is 1.18. The SMILES string of the molecule is COc1cc2nccc(Oc3ccc(-n4nc(C(=O)Nc5ccccc5)c(C)cc4=O)cc3F)c2cc1OC. The maximum atomic E-state index is 15.2.